The maximum atomic E-state index is 12.2. The molecule has 2 N–H and O–H groups in total. The van der Waals surface area contributed by atoms with Crippen molar-refractivity contribution in [2.24, 2.45) is 7.05 Å². The van der Waals surface area contributed by atoms with Crippen LogP contribution in [0.15, 0.2) is 29.4 Å². The highest BCUT2D eigenvalue weighted by atomic mass is 32.2. The van der Waals surface area contributed by atoms with Crippen molar-refractivity contribution in [2.45, 2.75) is 17.9 Å². The first-order valence-electron chi connectivity index (χ1n) is 6.25. The third-order valence-electron chi connectivity index (χ3n) is 3.33. The number of hydrogen-bond acceptors (Lipinski definition) is 5. The van der Waals surface area contributed by atoms with E-state index in [0.29, 0.717) is 5.82 Å². The Balaban J connectivity index is 1.80. The largest absolute Gasteiger partial charge is 0.384 e. The molecule has 1 aliphatic heterocycles. The molecule has 106 valence electrons. The molecule has 0 saturated heterocycles. The zero-order valence-electron chi connectivity index (χ0n) is 11.0. The second-order valence-corrected chi connectivity index (χ2v) is 6.45. The molecular formula is C12H15N5O2S. The molecule has 2 aromatic rings. The number of aromatic nitrogens is 3. The number of rotatable bonds is 4. The molecule has 2 heterocycles. The molecule has 0 aliphatic carbocycles. The fraction of sp³-hybridized carbons (Fsp3) is 0.333. The Morgan fingerprint density at radius 1 is 1.45 bits per heavy atom. The van der Waals surface area contributed by atoms with Crippen LogP contribution in [0.25, 0.3) is 0 Å². The van der Waals surface area contributed by atoms with Crippen molar-refractivity contribution in [1.29, 1.82) is 0 Å². The van der Waals surface area contributed by atoms with E-state index in [9.17, 15) is 8.42 Å². The molecule has 1 aromatic carbocycles. The Kier molecular flexibility index (Phi) is 3.19. The van der Waals surface area contributed by atoms with Gasteiger partial charge in [0.15, 0.2) is 0 Å². The highest BCUT2D eigenvalue weighted by Crippen LogP contribution is 2.25. The molecule has 0 saturated carbocycles. The van der Waals surface area contributed by atoms with Crippen molar-refractivity contribution in [3.63, 3.8) is 0 Å². The molecule has 0 fully saturated rings. The normalized spacial score (nSPS) is 14.1. The van der Waals surface area contributed by atoms with Crippen molar-refractivity contribution in [3.05, 3.63) is 35.9 Å². The molecule has 0 radical (unpaired) electrons. The van der Waals surface area contributed by atoms with E-state index in [2.05, 4.69) is 20.2 Å². The van der Waals surface area contributed by atoms with Crippen LogP contribution in [0.5, 0.6) is 0 Å². The van der Waals surface area contributed by atoms with E-state index in [1.54, 1.807) is 23.7 Å². The topological polar surface area (TPSA) is 88.9 Å². The smallest absolute Gasteiger partial charge is 0.241 e. The molecule has 0 atom stereocenters. The Bertz CT molecular complexity index is 738. The summed E-state index contributed by atoms with van der Waals surface area (Å²) in [4.78, 5) is 0.257. The second-order valence-electron chi connectivity index (χ2n) is 4.68. The van der Waals surface area contributed by atoms with Gasteiger partial charge in [-0.25, -0.2) is 13.1 Å². The van der Waals surface area contributed by atoms with Gasteiger partial charge >= 0.3 is 0 Å². The lowest BCUT2D eigenvalue weighted by atomic mass is 10.2. The number of aryl methyl sites for hydroxylation is 1. The number of hydrogen-bond donors (Lipinski definition) is 2. The van der Waals surface area contributed by atoms with Crippen molar-refractivity contribution in [2.75, 3.05) is 11.9 Å². The molecule has 20 heavy (non-hydrogen) atoms. The van der Waals surface area contributed by atoms with E-state index >= 15 is 0 Å². The summed E-state index contributed by atoms with van der Waals surface area (Å²) in [7, 11) is -1.78. The summed E-state index contributed by atoms with van der Waals surface area (Å²) in [6, 6.07) is 5.15. The molecule has 0 bridgehead atoms. The van der Waals surface area contributed by atoms with Crippen LogP contribution in [0.1, 0.15) is 11.4 Å². The fourth-order valence-electron chi connectivity index (χ4n) is 2.15. The lowest BCUT2D eigenvalue weighted by Crippen LogP contribution is -2.24. The number of sulfonamides is 1. The Hall–Kier alpha value is -1.93. The molecule has 0 amide bonds. The van der Waals surface area contributed by atoms with E-state index in [4.69, 9.17) is 0 Å². The standard InChI is InChI=1S/C12H15N5O2S/c1-17-8-14-16-12(17)7-15-20(18,19)10-3-2-9-4-5-13-11(9)6-10/h2-3,6,8,13,15H,4-5,7H2,1H3. The lowest BCUT2D eigenvalue weighted by molar-refractivity contribution is 0.577. The van der Waals surface area contributed by atoms with Crippen molar-refractivity contribution < 1.29 is 8.42 Å². The molecule has 8 heteroatoms. The maximum absolute atomic E-state index is 12.2. The molecule has 7 nitrogen and oxygen atoms in total. The van der Waals surface area contributed by atoms with Gasteiger partial charge in [0.25, 0.3) is 0 Å². The number of anilines is 1. The summed E-state index contributed by atoms with van der Waals surface area (Å²) >= 11 is 0. The molecule has 1 aromatic heterocycles. The lowest BCUT2D eigenvalue weighted by Gasteiger charge is -2.08. The van der Waals surface area contributed by atoms with Gasteiger partial charge in [0.05, 0.1) is 11.4 Å². The van der Waals surface area contributed by atoms with Crippen LogP contribution in [0, 0.1) is 0 Å². The van der Waals surface area contributed by atoms with Gasteiger partial charge in [-0.05, 0) is 24.1 Å². The van der Waals surface area contributed by atoms with Crippen LogP contribution in [0.2, 0.25) is 0 Å². The Labute approximate surface area is 117 Å². The monoisotopic (exact) mass is 293 g/mol. The summed E-state index contributed by atoms with van der Waals surface area (Å²) in [6.07, 6.45) is 2.46. The van der Waals surface area contributed by atoms with E-state index < -0.39 is 10.0 Å². The first-order chi connectivity index (χ1) is 9.56. The van der Waals surface area contributed by atoms with Crippen LogP contribution in [0.3, 0.4) is 0 Å². The maximum Gasteiger partial charge on any atom is 0.241 e. The minimum Gasteiger partial charge on any atom is -0.384 e. The van der Waals surface area contributed by atoms with Crippen LogP contribution in [-0.2, 0) is 30.0 Å². The summed E-state index contributed by atoms with van der Waals surface area (Å²) in [6.45, 7) is 0.967. The van der Waals surface area contributed by atoms with Gasteiger partial charge in [-0.2, -0.15) is 0 Å². The van der Waals surface area contributed by atoms with Gasteiger partial charge in [0, 0.05) is 19.3 Å². The molecule has 0 spiro atoms. The molecule has 1 aliphatic rings. The fourth-order valence-corrected chi connectivity index (χ4v) is 3.15. The second kappa shape index (κ2) is 4.88. The summed E-state index contributed by atoms with van der Waals surface area (Å²) in [5, 5.41) is 10.7. The van der Waals surface area contributed by atoms with Crippen LogP contribution in [-0.4, -0.2) is 29.7 Å². The number of fused-ring (bicyclic) bond motifs is 1. The van der Waals surface area contributed by atoms with Crippen LogP contribution in [0.4, 0.5) is 5.69 Å². The van der Waals surface area contributed by atoms with E-state index in [1.807, 2.05) is 6.07 Å². The zero-order chi connectivity index (χ0) is 14.2. The average molecular weight is 293 g/mol. The summed E-state index contributed by atoms with van der Waals surface area (Å²) < 4.78 is 28.7. The minimum absolute atomic E-state index is 0.114. The van der Waals surface area contributed by atoms with Gasteiger partial charge in [-0.1, -0.05) is 6.07 Å². The summed E-state index contributed by atoms with van der Waals surface area (Å²) in [5.74, 6) is 0.563. The minimum atomic E-state index is -3.55. The first-order valence-corrected chi connectivity index (χ1v) is 7.74. The SMILES string of the molecule is Cn1cnnc1CNS(=O)(=O)c1ccc2c(c1)NCC2. The highest BCUT2D eigenvalue weighted by molar-refractivity contribution is 7.89. The predicted octanol–water partition coefficient (Wildman–Crippen LogP) is 0.262. The molecule has 0 unspecified atom stereocenters. The number of benzene rings is 1. The van der Waals surface area contributed by atoms with E-state index in [-0.39, 0.29) is 11.4 Å². The van der Waals surface area contributed by atoms with Crippen molar-refractivity contribution >= 4 is 15.7 Å². The summed E-state index contributed by atoms with van der Waals surface area (Å²) in [5.41, 5.74) is 2.05. The Morgan fingerprint density at radius 3 is 3.05 bits per heavy atom. The third kappa shape index (κ3) is 2.39. The van der Waals surface area contributed by atoms with Crippen molar-refractivity contribution in [1.82, 2.24) is 19.5 Å². The Morgan fingerprint density at radius 2 is 2.30 bits per heavy atom. The first kappa shape index (κ1) is 13.1. The van der Waals surface area contributed by atoms with Crippen LogP contribution < -0.4 is 10.0 Å². The van der Waals surface area contributed by atoms with Crippen molar-refractivity contribution in [3.8, 4) is 0 Å². The van der Waals surface area contributed by atoms with E-state index in [0.717, 1.165) is 24.2 Å². The average Bonchev–Trinajstić information content (AvgIpc) is 3.04. The zero-order valence-corrected chi connectivity index (χ0v) is 11.8. The third-order valence-corrected chi connectivity index (χ3v) is 4.73. The van der Waals surface area contributed by atoms with E-state index in [1.165, 1.54) is 6.33 Å². The van der Waals surface area contributed by atoms with Gasteiger partial charge in [-0.3, -0.25) is 0 Å². The predicted molar refractivity (Wildman–Crippen MR) is 73.7 cm³/mol. The van der Waals surface area contributed by atoms with Crippen LogP contribution >= 0.6 is 0 Å². The quantitative estimate of drug-likeness (QED) is 0.844. The van der Waals surface area contributed by atoms with Gasteiger partial charge in [0.1, 0.15) is 12.2 Å². The molecule has 3 rings (SSSR count). The van der Waals surface area contributed by atoms with Gasteiger partial charge in [-0.15, -0.1) is 10.2 Å². The highest BCUT2D eigenvalue weighted by Gasteiger charge is 2.18. The van der Waals surface area contributed by atoms with Gasteiger partial charge < -0.3 is 9.88 Å². The number of nitrogens with zero attached hydrogens (tertiary/aromatic N) is 3. The number of nitrogens with one attached hydrogen (secondary N) is 2. The molecular weight excluding hydrogens is 278 g/mol. The van der Waals surface area contributed by atoms with Gasteiger partial charge in [0.2, 0.25) is 10.0 Å².